The molecular formula is C25H28F2N2O4. The number of ether oxygens (including phenoxy) is 1. The van der Waals surface area contributed by atoms with Crippen LogP contribution in [0.1, 0.15) is 49.8 Å². The standard InChI is InChI=1S/C25H28F2N2O4/c1-16-10-12-25(13-11-16)23(31)29(24(32)28-25)14-21(30)15-33-22(17-2-6-19(26)7-3-17)18-4-8-20(27)9-5-18/h2-9,16,21-22,30H,10-15H2,1H3,(H,28,32)/t16?,21-,25?/m1/s1. The fourth-order valence-electron chi connectivity index (χ4n) is 4.57. The molecule has 2 N–H and O–H groups in total. The number of urea groups is 1. The van der Waals surface area contributed by atoms with Crippen molar-refractivity contribution in [2.24, 2.45) is 5.92 Å². The van der Waals surface area contributed by atoms with Gasteiger partial charge in [0.15, 0.2) is 0 Å². The minimum Gasteiger partial charge on any atom is -0.389 e. The maximum Gasteiger partial charge on any atom is 0.325 e. The van der Waals surface area contributed by atoms with Crippen LogP contribution in [0.5, 0.6) is 0 Å². The summed E-state index contributed by atoms with van der Waals surface area (Å²) in [5, 5.41) is 13.4. The molecule has 2 aromatic rings. The molecule has 1 atom stereocenters. The first-order chi connectivity index (χ1) is 15.8. The maximum absolute atomic E-state index is 13.4. The zero-order valence-corrected chi connectivity index (χ0v) is 18.5. The van der Waals surface area contributed by atoms with E-state index >= 15 is 0 Å². The van der Waals surface area contributed by atoms with E-state index in [0.29, 0.717) is 29.9 Å². The minimum atomic E-state index is -1.12. The molecule has 0 bridgehead atoms. The van der Waals surface area contributed by atoms with Gasteiger partial charge in [0.05, 0.1) is 19.3 Å². The Labute approximate surface area is 191 Å². The number of benzene rings is 2. The highest BCUT2D eigenvalue weighted by molar-refractivity contribution is 6.07. The van der Waals surface area contributed by atoms with Gasteiger partial charge in [-0.1, -0.05) is 31.2 Å². The van der Waals surface area contributed by atoms with Crippen molar-refractivity contribution in [2.75, 3.05) is 13.2 Å². The van der Waals surface area contributed by atoms with E-state index in [9.17, 15) is 23.5 Å². The van der Waals surface area contributed by atoms with Crippen molar-refractivity contribution in [1.29, 1.82) is 0 Å². The average Bonchev–Trinajstić information content (AvgIpc) is 3.02. The third-order valence-electron chi connectivity index (χ3n) is 6.57. The van der Waals surface area contributed by atoms with Crippen LogP contribution in [0.2, 0.25) is 0 Å². The number of nitrogens with zero attached hydrogens (tertiary/aromatic N) is 1. The summed E-state index contributed by atoms with van der Waals surface area (Å²) < 4.78 is 32.7. The number of carbonyl (C=O) groups excluding carboxylic acids is 2. The summed E-state index contributed by atoms with van der Waals surface area (Å²) >= 11 is 0. The van der Waals surface area contributed by atoms with E-state index in [1.165, 1.54) is 24.3 Å². The predicted octanol–water partition coefficient (Wildman–Crippen LogP) is 3.93. The number of amides is 3. The van der Waals surface area contributed by atoms with E-state index < -0.39 is 35.4 Å². The first kappa shape index (κ1) is 23.3. The van der Waals surface area contributed by atoms with Gasteiger partial charge in [-0.25, -0.2) is 13.6 Å². The highest BCUT2D eigenvalue weighted by atomic mass is 19.1. The third-order valence-corrected chi connectivity index (χ3v) is 6.57. The van der Waals surface area contributed by atoms with Gasteiger partial charge in [0.25, 0.3) is 5.91 Å². The predicted molar refractivity (Wildman–Crippen MR) is 117 cm³/mol. The van der Waals surface area contributed by atoms with Gasteiger partial charge in [-0.15, -0.1) is 0 Å². The number of nitrogens with one attached hydrogen (secondary N) is 1. The van der Waals surface area contributed by atoms with Crippen LogP contribution in [0.4, 0.5) is 13.6 Å². The van der Waals surface area contributed by atoms with Gasteiger partial charge >= 0.3 is 6.03 Å². The molecule has 6 nitrogen and oxygen atoms in total. The SMILES string of the molecule is CC1CCC2(CC1)NC(=O)N(C[C@@H](O)COC(c1ccc(F)cc1)c1ccc(F)cc1)C2=O. The van der Waals surface area contributed by atoms with Gasteiger partial charge in [-0.2, -0.15) is 0 Å². The molecule has 1 aliphatic carbocycles. The topological polar surface area (TPSA) is 78.9 Å². The Morgan fingerprint density at radius 2 is 1.55 bits per heavy atom. The molecule has 1 saturated carbocycles. The lowest BCUT2D eigenvalue weighted by atomic mass is 9.77. The van der Waals surface area contributed by atoms with Crippen molar-refractivity contribution in [3.8, 4) is 0 Å². The second-order valence-electron chi connectivity index (χ2n) is 9.08. The summed E-state index contributed by atoms with van der Waals surface area (Å²) in [7, 11) is 0. The molecule has 3 amide bonds. The van der Waals surface area contributed by atoms with Gasteiger partial charge < -0.3 is 15.2 Å². The number of carbonyl (C=O) groups is 2. The Bertz CT molecular complexity index is 943. The lowest BCUT2D eigenvalue weighted by Gasteiger charge is -2.33. The first-order valence-electron chi connectivity index (χ1n) is 11.2. The van der Waals surface area contributed by atoms with Crippen LogP contribution in [0.3, 0.4) is 0 Å². The largest absolute Gasteiger partial charge is 0.389 e. The van der Waals surface area contributed by atoms with E-state index in [1.807, 2.05) is 0 Å². The molecule has 2 aromatic carbocycles. The Hall–Kier alpha value is -2.84. The number of hydrogen-bond acceptors (Lipinski definition) is 4. The fourth-order valence-corrected chi connectivity index (χ4v) is 4.57. The molecule has 4 rings (SSSR count). The highest BCUT2D eigenvalue weighted by Crippen LogP contribution is 2.36. The van der Waals surface area contributed by atoms with Crippen LogP contribution in [-0.2, 0) is 9.53 Å². The summed E-state index contributed by atoms with van der Waals surface area (Å²) in [6.45, 7) is 1.76. The molecule has 8 heteroatoms. The molecule has 1 spiro atoms. The van der Waals surface area contributed by atoms with Crippen LogP contribution < -0.4 is 5.32 Å². The second-order valence-corrected chi connectivity index (χ2v) is 9.08. The number of halogens is 2. The molecule has 0 aromatic heterocycles. The molecule has 1 heterocycles. The molecule has 1 aliphatic heterocycles. The summed E-state index contributed by atoms with van der Waals surface area (Å²) in [4.78, 5) is 26.6. The molecule has 2 fully saturated rings. The molecule has 0 unspecified atom stereocenters. The number of β-amino-alcohol motifs (C(OH)–C–C–N with tert-alkyl or cyclic N) is 1. The summed E-state index contributed by atoms with van der Waals surface area (Å²) in [5.41, 5.74) is 0.385. The number of rotatable bonds is 7. The summed E-state index contributed by atoms with van der Waals surface area (Å²) in [5.74, 6) is -0.585. The van der Waals surface area contributed by atoms with Gasteiger partial charge in [0.2, 0.25) is 0 Å². The quantitative estimate of drug-likeness (QED) is 0.617. The monoisotopic (exact) mass is 458 g/mol. The lowest BCUT2D eigenvalue weighted by Crippen LogP contribution is -2.49. The molecule has 176 valence electrons. The van der Waals surface area contributed by atoms with Gasteiger partial charge in [0, 0.05) is 0 Å². The lowest BCUT2D eigenvalue weighted by molar-refractivity contribution is -0.134. The Balaban J connectivity index is 1.43. The zero-order valence-electron chi connectivity index (χ0n) is 18.5. The third kappa shape index (κ3) is 5.07. The van der Waals surface area contributed by atoms with E-state index in [-0.39, 0.29) is 19.1 Å². The summed E-state index contributed by atoms with van der Waals surface area (Å²) in [6, 6.07) is 10.9. The van der Waals surface area contributed by atoms with Gasteiger partial charge in [-0.05, 0) is 67.0 Å². The Morgan fingerprint density at radius 3 is 2.06 bits per heavy atom. The summed E-state index contributed by atoms with van der Waals surface area (Å²) in [6.07, 6.45) is 1.11. The van der Waals surface area contributed by atoms with Crippen molar-refractivity contribution < 1.29 is 28.2 Å². The maximum atomic E-state index is 13.4. The minimum absolute atomic E-state index is 0.180. The molecule has 0 radical (unpaired) electrons. The van der Waals surface area contributed by atoms with E-state index in [4.69, 9.17) is 4.74 Å². The van der Waals surface area contributed by atoms with Crippen LogP contribution >= 0.6 is 0 Å². The highest BCUT2D eigenvalue weighted by Gasteiger charge is 2.52. The van der Waals surface area contributed by atoms with E-state index in [1.54, 1.807) is 24.3 Å². The molecule has 1 saturated heterocycles. The van der Waals surface area contributed by atoms with Crippen molar-refractivity contribution in [2.45, 2.75) is 50.4 Å². The van der Waals surface area contributed by atoms with Crippen molar-refractivity contribution in [1.82, 2.24) is 10.2 Å². The van der Waals surface area contributed by atoms with Crippen molar-refractivity contribution in [3.63, 3.8) is 0 Å². The van der Waals surface area contributed by atoms with Gasteiger partial charge in [-0.3, -0.25) is 9.69 Å². The number of aliphatic hydroxyl groups excluding tert-OH is 1. The van der Waals surface area contributed by atoms with Crippen LogP contribution in [0.15, 0.2) is 48.5 Å². The second kappa shape index (κ2) is 9.57. The van der Waals surface area contributed by atoms with E-state index in [2.05, 4.69) is 12.2 Å². The Kier molecular flexibility index (Phi) is 6.76. The first-order valence-corrected chi connectivity index (χ1v) is 11.2. The number of aliphatic hydroxyl groups is 1. The normalized spacial score (nSPS) is 23.9. The zero-order chi connectivity index (χ0) is 23.6. The van der Waals surface area contributed by atoms with E-state index in [0.717, 1.165) is 17.7 Å². The van der Waals surface area contributed by atoms with Crippen LogP contribution in [-0.4, -0.2) is 46.7 Å². The van der Waals surface area contributed by atoms with Gasteiger partial charge in [0.1, 0.15) is 23.3 Å². The fraction of sp³-hybridized carbons (Fsp3) is 0.440. The van der Waals surface area contributed by atoms with Crippen molar-refractivity contribution in [3.05, 3.63) is 71.3 Å². The molecular weight excluding hydrogens is 430 g/mol. The van der Waals surface area contributed by atoms with Crippen LogP contribution in [0.25, 0.3) is 0 Å². The van der Waals surface area contributed by atoms with Crippen molar-refractivity contribution >= 4 is 11.9 Å². The Morgan fingerprint density at radius 1 is 1.03 bits per heavy atom. The molecule has 2 aliphatic rings. The smallest absolute Gasteiger partial charge is 0.325 e. The average molecular weight is 459 g/mol. The number of imide groups is 1. The molecule has 33 heavy (non-hydrogen) atoms. The number of hydrogen-bond donors (Lipinski definition) is 2. The van der Waals surface area contributed by atoms with Crippen LogP contribution in [0, 0.1) is 17.6 Å².